The van der Waals surface area contributed by atoms with Crippen molar-refractivity contribution in [2.45, 2.75) is 18.6 Å². The molecule has 3 N–H and O–H groups in total. The number of rotatable bonds is 4. The molecule has 96 valence electrons. The van der Waals surface area contributed by atoms with Crippen molar-refractivity contribution in [3.8, 4) is 0 Å². The SMILES string of the molecule is Cc1ncccc1NCc1ccc(S(N)(=O)=O)o1. The lowest BCUT2D eigenvalue weighted by molar-refractivity contribution is 0.419. The zero-order valence-electron chi connectivity index (χ0n) is 9.75. The molecule has 0 fully saturated rings. The first-order chi connectivity index (χ1) is 8.47. The Hall–Kier alpha value is -1.86. The summed E-state index contributed by atoms with van der Waals surface area (Å²) in [6.45, 7) is 2.24. The first kappa shape index (κ1) is 12.6. The van der Waals surface area contributed by atoms with Crippen LogP contribution in [0.15, 0.2) is 40.0 Å². The summed E-state index contributed by atoms with van der Waals surface area (Å²) >= 11 is 0. The predicted molar refractivity (Wildman–Crippen MR) is 66.4 cm³/mol. The summed E-state index contributed by atoms with van der Waals surface area (Å²) in [4.78, 5) is 4.13. The Kier molecular flexibility index (Phi) is 3.35. The number of pyridine rings is 1. The molecule has 0 bridgehead atoms. The van der Waals surface area contributed by atoms with E-state index in [1.54, 1.807) is 12.3 Å². The summed E-state index contributed by atoms with van der Waals surface area (Å²) in [5.41, 5.74) is 1.72. The molecule has 0 aliphatic rings. The highest BCUT2D eigenvalue weighted by molar-refractivity contribution is 7.89. The molecule has 0 radical (unpaired) electrons. The maximum atomic E-state index is 11.0. The van der Waals surface area contributed by atoms with Crippen LogP contribution in [0.5, 0.6) is 0 Å². The zero-order valence-corrected chi connectivity index (χ0v) is 10.6. The molecule has 0 saturated carbocycles. The lowest BCUT2D eigenvalue weighted by Gasteiger charge is -2.06. The molecule has 6 nitrogen and oxygen atoms in total. The highest BCUT2D eigenvalue weighted by atomic mass is 32.2. The molecule has 0 aliphatic heterocycles. The zero-order chi connectivity index (χ0) is 13.2. The van der Waals surface area contributed by atoms with Gasteiger partial charge in [-0.25, -0.2) is 13.6 Å². The van der Waals surface area contributed by atoms with Crippen molar-refractivity contribution >= 4 is 15.7 Å². The fourth-order valence-corrected chi connectivity index (χ4v) is 1.94. The summed E-state index contributed by atoms with van der Waals surface area (Å²) in [6.07, 6.45) is 1.70. The van der Waals surface area contributed by atoms with E-state index in [1.807, 2.05) is 19.1 Å². The second-order valence-corrected chi connectivity index (χ2v) is 5.25. The quantitative estimate of drug-likeness (QED) is 0.868. The Morgan fingerprint density at radius 3 is 2.78 bits per heavy atom. The van der Waals surface area contributed by atoms with Crippen molar-refractivity contribution < 1.29 is 12.8 Å². The number of primary sulfonamides is 1. The standard InChI is InChI=1S/C11H13N3O3S/c1-8-10(3-2-6-13-8)14-7-9-4-5-11(17-9)18(12,15)16/h2-6,14H,7H2,1H3,(H2,12,15,16). The van der Waals surface area contributed by atoms with E-state index in [9.17, 15) is 8.42 Å². The van der Waals surface area contributed by atoms with E-state index in [-0.39, 0.29) is 5.09 Å². The minimum atomic E-state index is -3.78. The number of anilines is 1. The predicted octanol–water partition coefficient (Wildman–Crippen LogP) is 1.24. The molecule has 2 aromatic rings. The summed E-state index contributed by atoms with van der Waals surface area (Å²) in [5, 5.41) is 7.82. The van der Waals surface area contributed by atoms with Crippen LogP contribution in [0, 0.1) is 6.92 Å². The molecule has 2 heterocycles. The maximum absolute atomic E-state index is 11.0. The van der Waals surface area contributed by atoms with Gasteiger partial charge in [0.15, 0.2) is 0 Å². The van der Waals surface area contributed by atoms with Crippen LogP contribution < -0.4 is 10.5 Å². The van der Waals surface area contributed by atoms with Crippen LogP contribution in [0.1, 0.15) is 11.5 Å². The van der Waals surface area contributed by atoms with Gasteiger partial charge in [-0.15, -0.1) is 0 Å². The Morgan fingerprint density at radius 2 is 2.17 bits per heavy atom. The third-order valence-corrected chi connectivity index (χ3v) is 3.16. The summed E-state index contributed by atoms with van der Waals surface area (Å²) < 4.78 is 27.2. The van der Waals surface area contributed by atoms with E-state index in [4.69, 9.17) is 9.56 Å². The van der Waals surface area contributed by atoms with Gasteiger partial charge in [-0.2, -0.15) is 0 Å². The molecule has 7 heteroatoms. The lowest BCUT2D eigenvalue weighted by atomic mass is 10.3. The highest BCUT2D eigenvalue weighted by Crippen LogP contribution is 2.15. The fourth-order valence-electron chi connectivity index (χ4n) is 1.46. The van der Waals surface area contributed by atoms with Crippen LogP contribution in [0.2, 0.25) is 0 Å². The van der Waals surface area contributed by atoms with Gasteiger partial charge in [0.25, 0.3) is 10.0 Å². The fraction of sp³-hybridized carbons (Fsp3) is 0.182. The van der Waals surface area contributed by atoms with E-state index in [1.165, 1.54) is 6.07 Å². The maximum Gasteiger partial charge on any atom is 0.271 e. The first-order valence-electron chi connectivity index (χ1n) is 5.24. The number of nitrogens with two attached hydrogens (primary N) is 1. The second kappa shape index (κ2) is 4.79. The molecule has 2 aromatic heterocycles. The molecule has 0 saturated heterocycles. The average molecular weight is 267 g/mol. The molecule has 2 rings (SSSR count). The summed E-state index contributed by atoms with van der Waals surface area (Å²) in [7, 11) is -3.78. The van der Waals surface area contributed by atoms with Crippen molar-refractivity contribution in [1.82, 2.24) is 4.98 Å². The second-order valence-electron chi connectivity index (χ2n) is 3.76. The molecule has 0 amide bonds. The molecule has 0 atom stereocenters. The molecule has 0 spiro atoms. The Labute approximate surface area is 105 Å². The number of sulfonamides is 1. The first-order valence-corrected chi connectivity index (χ1v) is 6.78. The Morgan fingerprint density at radius 1 is 1.39 bits per heavy atom. The summed E-state index contributed by atoms with van der Waals surface area (Å²) in [6, 6.07) is 6.60. The minimum absolute atomic E-state index is 0.234. The highest BCUT2D eigenvalue weighted by Gasteiger charge is 2.13. The third kappa shape index (κ3) is 2.88. The Bertz CT molecular complexity index is 649. The average Bonchev–Trinajstić information content (AvgIpc) is 2.76. The van der Waals surface area contributed by atoms with E-state index in [0.29, 0.717) is 12.3 Å². The molecule has 0 unspecified atom stereocenters. The number of hydrogen-bond donors (Lipinski definition) is 2. The van der Waals surface area contributed by atoms with Crippen molar-refractivity contribution in [2.75, 3.05) is 5.32 Å². The monoisotopic (exact) mass is 267 g/mol. The van der Waals surface area contributed by atoms with Crippen molar-refractivity contribution in [1.29, 1.82) is 0 Å². The number of aryl methyl sites for hydroxylation is 1. The van der Waals surface area contributed by atoms with Crippen LogP contribution in [-0.4, -0.2) is 13.4 Å². The number of nitrogens with one attached hydrogen (secondary N) is 1. The molecular formula is C11H13N3O3S. The van der Waals surface area contributed by atoms with Crippen LogP contribution in [0.4, 0.5) is 5.69 Å². The van der Waals surface area contributed by atoms with Crippen LogP contribution in [0.25, 0.3) is 0 Å². The van der Waals surface area contributed by atoms with E-state index < -0.39 is 10.0 Å². The van der Waals surface area contributed by atoms with Gasteiger partial charge in [0.1, 0.15) is 5.76 Å². The summed E-state index contributed by atoms with van der Waals surface area (Å²) in [5.74, 6) is 0.488. The van der Waals surface area contributed by atoms with Gasteiger partial charge in [-0.05, 0) is 31.2 Å². The van der Waals surface area contributed by atoms with Crippen LogP contribution >= 0.6 is 0 Å². The number of hydrogen-bond acceptors (Lipinski definition) is 5. The number of aromatic nitrogens is 1. The van der Waals surface area contributed by atoms with Gasteiger partial charge in [-0.3, -0.25) is 4.98 Å². The van der Waals surface area contributed by atoms with Gasteiger partial charge in [0.05, 0.1) is 17.9 Å². The molecule has 18 heavy (non-hydrogen) atoms. The third-order valence-electron chi connectivity index (χ3n) is 2.38. The van der Waals surface area contributed by atoms with Crippen molar-refractivity contribution in [3.05, 3.63) is 41.9 Å². The van der Waals surface area contributed by atoms with Crippen LogP contribution in [-0.2, 0) is 16.6 Å². The number of furan rings is 1. The van der Waals surface area contributed by atoms with Gasteiger partial charge < -0.3 is 9.73 Å². The lowest BCUT2D eigenvalue weighted by Crippen LogP contribution is -2.10. The topological polar surface area (TPSA) is 98.2 Å². The Balaban J connectivity index is 2.08. The molecule has 0 aromatic carbocycles. The number of nitrogens with zero attached hydrogens (tertiary/aromatic N) is 1. The van der Waals surface area contributed by atoms with Crippen molar-refractivity contribution in [3.63, 3.8) is 0 Å². The van der Waals surface area contributed by atoms with Crippen LogP contribution in [0.3, 0.4) is 0 Å². The van der Waals surface area contributed by atoms with Gasteiger partial charge in [0.2, 0.25) is 5.09 Å². The molecule has 0 aliphatic carbocycles. The van der Waals surface area contributed by atoms with E-state index >= 15 is 0 Å². The van der Waals surface area contributed by atoms with Gasteiger partial charge in [0, 0.05) is 6.20 Å². The van der Waals surface area contributed by atoms with Gasteiger partial charge in [-0.1, -0.05) is 0 Å². The van der Waals surface area contributed by atoms with Crippen molar-refractivity contribution in [2.24, 2.45) is 5.14 Å². The van der Waals surface area contributed by atoms with Gasteiger partial charge >= 0.3 is 0 Å². The van der Waals surface area contributed by atoms with E-state index in [0.717, 1.165) is 11.4 Å². The van der Waals surface area contributed by atoms with E-state index in [2.05, 4.69) is 10.3 Å². The largest absolute Gasteiger partial charge is 0.446 e. The smallest absolute Gasteiger partial charge is 0.271 e. The molecular weight excluding hydrogens is 254 g/mol. The minimum Gasteiger partial charge on any atom is -0.446 e. The normalized spacial score (nSPS) is 11.4.